The quantitative estimate of drug-likeness (QED) is 0.895. The van der Waals surface area contributed by atoms with Crippen LogP contribution >= 0.6 is 15.9 Å². The number of nitrogens with one attached hydrogen (secondary N) is 1. The molecule has 21 heavy (non-hydrogen) atoms. The van der Waals surface area contributed by atoms with Crippen LogP contribution in [0, 0.1) is 0 Å². The number of piperidine rings is 1. The Balaban J connectivity index is 1.82. The zero-order valence-corrected chi connectivity index (χ0v) is 14.2. The molecule has 2 rings (SSSR count). The average Bonchev–Trinajstić information content (AvgIpc) is 2.48. The van der Waals surface area contributed by atoms with Gasteiger partial charge in [-0.25, -0.2) is 4.79 Å². The van der Waals surface area contributed by atoms with E-state index in [0.29, 0.717) is 18.7 Å². The van der Waals surface area contributed by atoms with E-state index in [-0.39, 0.29) is 6.09 Å². The van der Waals surface area contributed by atoms with Crippen LogP contribution < -0.4 is 5.32 Å². The molecule has 4 nitrogen and oxygen atoms in total. The Kier molecular flexibility index (Phi) is 6.06. The van der Waals surface area contributed by atoms with Crippen molar-refractivity contribution in [2.24, 2.45) is 0 Å². The van der Waals surface area contributed by atoms with Crippen LogP contribution in [0.3, 0.4) is 0 Å². The molecule has 0 saturated carbocycles. The predicted molar refractivity (Wildman–Crippen MR) is 87.3 cm³/mol. The largest absolute Gasteiger partial charge is 0.450 e. The van der Waals surface area contributed by atoms with Crippen molar-refractivity contribution in [3.63, 3.8) is 0 Å². The van der Waals surface area contributed by atoms with Crippen molar-refractivity contribution in [1.29, 1.82) is 0 Å². The van der Waals surface area contributed by atoms with E-state index in [9.17, 15) is 4.79 Å². The standard InChI is InChI=1S/C16H23BrN2O2/c1-3-21-16(20)19-9-7-15(8-10-19)18-12(2)13-5-4-6-14(17)11-13/h4-6,11-12,15,18H,3,7-10H2,1-2H3. The number of carbonyl (C=O) groups is 1. The minimum atomic E-state index is -0.184. The number of hydrogen-bond donors (Lipinski definition) is 1. The molecule has 1 saturated heterocycles. The molecule has 1 atom stereocenters. The van der Waals surface area contributed by atoms with Crippen LogP contribution in [0.4, 0.5) is 4.79 Å². The number of carbonyl (C=O) groups excluding carboxylic acids is 1. The topological polar surface area (TPSA) is 41.6 Å². The normalized spacial score (nSPS) is 17.6. The molecule has 1 amide bonds. The highest BCUT2D eigenvalue weighted by Crippen LogP contribution is 2.20. The maximum absolute atomic E-state index is 11.7. The average molecular weight is 355 g/mol. The van der Waals surface area contributed by atoms with Crippen molar-refractivity contribution < 1.29 is 9.53 Å². The van der Waals surface area contributed by atoms with E-state index in [1.807, 2.05) is 13.0 Å². The first-order valence-corrected chi connectivity index (χ1v) is 8.32. The summed E-state index contributed by atoms with van der Waals surface area (Å²) in [6, 6.07) is 9.13. The Morgan fingerprint density at radius 3 is 2.81 bits per heavy atom. The Labute approximate surface area is 135 Å². The second-order valence-corrected chi connectivity index (χ2v) is 6.32. The first kappa shape index (κ1) is 16.3. The van der Waals surface area contributed by atoms with Gasteiger partial charge in [-0.3, -0.25) is 0 Å². The van der Waals surface area contributed by atoms with Crippen LogP contribution in [0.15, 0.2) is 28.7 Å². The fraction of sp³-hybridized carbons (Fsp3) is 0.562. The molecule has 1 aliphatic rings. The van der Waals surface area contributed by atoms with Crippen molar-refractivity contribution in [1.82, 2.24) is 10.2 Å². The van der Waals surface area contributed by atoms with Crippen LogP contribution in [0.2, 0.25) is 0 Å². The van der Waals surface area contributed by atoms with Gasteiger partial charge in [0.25, 0.3) is 0 Å². The summed E-state index contributed by atoms with van der Waals surface area (Å²) in [6.07, 6.45) is 1.75. The third-order valence-electron chi connectivity index (χ3n) is 3.86. The molecule has 5 heteroatoms. The molecule has 1 aromatic carbocycles. The molecule has 116 valence electrons. The number of rotatable bonds is 4. The number of amides is 1. The molecular weight excluding hydrogens is 332 g/mol. The molecule has 0 spiro atoms. The van der Waals surface area contributed by atoms with Crippen LogP contribution in [0.1, 0.15) is 38.3 Å². The summed E-state index contributed by atoms with van der Waals surface area (Å²) in [5.74, 6) is 0. The molecule has 0 bridgehead atoms. The second kappa shape index (κ2) is 7.80. The van der Waals surface area contributed by atoms with Crippen molar-refractivity contribution in [3.8, 4) is 0 Å². The Hall–Kier alpha value is -1.07. The van der Waals surface area contributed by atoms with Gasteiger partial charge in [0.15, 0.2) is 0 Å². The SMILES string of the molecule is CCOC(=O)N1CCC(NC(C)c2cccc(Br)c2)CC1. The number of hydrogen-bond acceptors (Lipinski definition) is 3. The summed E-state index contributed by atoms with van der Waals surface area (Å²) in [7, 11) is 0. The highest BCUT2D eigenvalue weighted by molar-refractivity contribution is 9.10. The van der Waals surface area contributed by atoms with E-state index in [2.05, 4.69) is 46.4 Å². The van der Waals surface area contributed by atoms with Crippen molar-refractivity contribution in [2.45, 2.75) is 38.8 Å². The van der Waals surface area contributed by atoms with Gasteiger partial charge in [0, 0.05) is 29.6 Å². The molecule has 0 radical (unpaired) electrons. The smallest absolute Gasteiger partial charge is 0.409 e. The lowest BCUT2D eigenvalue weighted by molar-refractivity contribution is 0.0944. The van der Waals surface area contributed by atoms with Crippen LogP contribution in [-0.4, -0.2) is 36.7 Å². The van der Waals surface area contributed by atoms with Gasteiger partial charge in [0.1, 0.15) is 0 Å². The van der Waals surface area contributed by atoms with E-state index in [1.54, 1.807) is 4.90 Å². The van der Waals surface area contributed by atoms with Gasteiger partial charge in [-0.15, -0.1) is 0 Å². The number of nitrogens with zero attached hydrogens (tertiary/aromatic N) is 1. The first-order chi connectivity index (χ1) is 10.1. The highest BCUT2D eigenvalue weighted by atomic mass is 79.9. The molecule has 1 fully saturated rings. The van der Waals surface area contributed by atoms with Crippen LogP contribution in [-0.2, 0) is 4.74 Å². The summed E-state index contributed by atoms with van der Waals surface area (Å²) in [6.45, 7) is 5.99. The lowest BCUT2D eigenvalue weighted by Crippen LogP contribution is -2.45. The molecule has 1 N–H and O–H groups in total. The number of likely N-dealkylation sites (tertiary alicyclic amines) is 1. The van der Waals surface area contributed by atoms with E-state index >= 15 is 0 Å². The van der Waals surface area contributed by atoms with Gasteiger partial charge in [0.2, 0.25) is 0 Å². The van der Waals surface area contributed by atoms with Gasteiger partial charge in [-0.2, -0.15) is 0 Å². The summed E-state index contributed by atoms with van der Waals surface area (Å²) in [5.41, 5.74) is 1.28. The molecule has 1 unspecified atom stereocenters. The summed E-state index contributed by atoms with van der Waals surface area (Å²) >= 11 is 3.51. The lowest BCUT2D eigenvalue weighted by Gasteiger charge is -2.33. The summed E-state index contributed by atoms with van der Waals surface area (Å²) in [4.78, 5) is 13.5. The Morgan fingerprint density at radius 1 is 1.48 bits per heavy atom. The molecule has 1 aliphatic heterocycles. The minimum Gasteiger partial charge on any atom is -0.450 e. The van der Waals surface area contributed by atoms with Gasteiger partial charge >= 0.3 is 6.09 Å². The highest BCUT2D eigenvalue weighted by Gasteiger charge is 2.24. The first-order valence-electron chi connectivity index (χ1n) is 7.53. The van der Waals surface area contributed by atoms with Crippen LogP contribution in [0.5, 0.6) is 0 Å². The van der Waals surface area contributed by atoms with E-state index in [1.165, 1.54) is 5.56 Å². The molecule has 0 aromatic heterocycles. The van der Waals surface area contributed by atoms with Crippen molar-refractivity contribution in [3.05, 3.63) is 34.3 Å². The minimum absolute atomic E-state index is 0.184. The maximum atomic E-state index is 11.7. The predicted octanol–water partition coefficient (Wildman–Crippen LogP) is 3.72. The number of halogens is 1. The monoisotopic (exact) mass is 354 g/mol. The van der Waals surface area contributed by atoms with E-state index in [0.717, 1.165) is 30.4 Å². The number of ether oxygens (including phenoxy) is 1. The third kappa shape index (κ3) is 4.71. The lowest BCUT2D eigenvalue weighted by atomic mass is 10.0. The summed E-state index contributed by atoms with van der Waals surface area (Å²) < 4.78 is 6.14. The number of benzene rings is 1. The Bertz CT molecular complexity index is 473. The zero-order valence-electron chi connectivity index (χ0n) is 12.6. The maximum Gasteiger partial charge on any atom is 0.409 e. The van der Waals surface area contributed by atoms with E-state index in [4.69, 9.17) is 4.74 Å². The molecule has 0 aliphatic carbocycles. The van der Waals surface area contributed by atoms with Crippen LogP contribution in [0.25, 0.3) is 0 Å². The Morgan fingerprint density at radius 2 is 2.19 bits per heavy atom. The third-order valence-corrected chi connectivity index (χ3v) is 4.35. The van der Waals surface area contributed by atoms with E-state index < -0.39 is 0 Å². The van der Waals surface area contributed by atoms with Crippen molar-refractivity contribution in [2.75, 3.05) is 19.7 Å². The molecule has 1 aromatic rings. The van der Waals surface area contributed by atoms with Crippen molar-refractivity contribution >= 4 is 22.0 Å². The zero-order chi connectivity index (χ0) is 15.2. The fourth-order valence-corrected chi connectivity index (χ4v) is 3.09. The van der Waals surface area contributed by atoms with Gasteiger partial charge < -0.3 is 15.0 Å². The second-order valence-electron chi connectivity index (χ2n) is 5.40. The fourth-order valence-electron chi connectivity index (χ4n) is 2.67. The molecular formula is C16H23BrN2O2. The van der Waals surface area contributed by atoms with Gasteiger partial charge in [0.05, 0.1) is 6.61 Å². The summed E-state index contributed by atoms with van der Waals surface area (Å²) in [5, 5.41) is 3.65. The van der Waals surface area contributed by atoms with Gasteiger partial charge in [-0.05, 0) is 44.4 Å². The van der Waals surface area contributed by atoms with Gasteiger partial charge in [-0.1, -0.05) is 28.1 Å². The molecule has 1 heterocycles.